The van der Waals surface area contributed by atoms with Gasteiger partial charge in [0.15, 0.2) is 0 Å². The summed E-state index contributed by atoms with van der Waals surface area (Å²) in [6.45, 7) is 3.25. The Morgan fingerprint density at radius 3 is 2.38 bits per heavy atom. The Morgan fingerprint density at radius 2 is 1.90 bits per heavy atom. The summed E-state index contributed by atoms with van der Waals surface area (Å²) >= 11 is 11.9. The van der Waals surface area contributed by atoms with E-state index in [0.29, 0.717) is 22.9 Å². The molecule has 3 atom stereocenters. The average molecular weight is 330 g/mol. The number of nitrogens with one attached hydrogen (secondary N) is 1. The van der Waals surface area contributed by atoms with Crippen LogP contribution >= 0.6 is 23.2 Å². The Kier molecular flexibility index (Phi) is 4.49. The van der Waals surface area contributed by atoms with Gasteiger partial charge in [-0.15, -0.1) is 0 Å². The van der Waals surface area contributed by atoms with Crippen LogP contribution < -0.4 is 5.32 Å². The molecule has 1 aliphatic carbocycles. The van der Waals surface area contributed by atoms with Crippen LogP contribution in [0.3, 0.4) is 0 Å². The van der Waals surface area contributed by atoms with Crippen molar-refractivity contribution in [2.45, 2.75) is 38.1 Å². The number of carbonyl (C=O) groups excluding carboxylic acids is 1. The molecule has 1 aromatic rings. The smallest absolute Gasteiger partial charge is 0.329 e. The molecular formula is C15H17Cl2NO3. The number of carbonyl (C=O) groups is 2. The highest BCUT2D eigenvalue weighted by atomic mass is 35.5. The van der Waals surface area contributed by atoms with Gasteiger partial charge in [-0.05, 0) is 49.4 Å². The first-order chi connectivity index (χ1) is 9.76. The van der Waals surface area contributed by atoms with Gasteiger partial charge in [-0.1, -0.05) is 30.1 Å². The fraction of sp³-hybridized carbons (Fsp3) is 0.467. The molecule has 6 heteroatoms. The number of carboxylic acid groups (broad SMARTS) is 1. The second-order valence-electron chi connectivity index (χ2n) is 5.63. The van der Waals surface area contributed by atoms with Gasteiger partial charge in [0.25, 0.3) is 0 Å². The number of carboxylic acids is 1. The van der Waals surface area contributed by atoms with Crippen molar-refractivity contribution < 1.29 is 14.7 Å². The Balaban J connectivity index is 2.06. The minimum absolute atomic E-state index is 0.0519. The molecule has 2 N–H and O–H groups in total. The minimum Gasteiger partial charge on any atom is -0.480 e. The zero-order chi connectivity index (χ0) is 15.8. The van der Waals surface area contributed by atoms with E-state index in [1.165, 1.54) is 6.92 Å². The number of rotatable bonds is 5. The molecule has 1 amide bonds. The van der Waals surface area contributed by atoms with Gasteiger partial charge in [0.2, 0.25) is 5.91 Å². The molecule has 0 saturated heterocycles. The number of halogens is 2. The summed E-state index contributed by atoms with van der Waals surface area (Å²) in [6.07, 6.45) is 1.01. The summed E-state index contributed by atoms with van der Waals surface area (Å²) in [5.41, 5.74) is -0.308. The Hall–Kier alpha value is -1.26. The molecule has 3 unspecified atom stereocenters. The van der Waals surface area contributed by atoms with Crippen molar-refractivity contribution in [2.24, 2.45) is 5.92 Å². The van der Waals surface area contributed by atoms with E-state index in [2.05, 4.69) is 5.32 Å². The molecule has 0 bridgehead atoms. The van der Waals surface area contributed by atoms with Gasteiger partial charge in [0.05, 0.1) is 0 Å². The van der Waals surface area contributed by atoms with Crippen molar-refractivity contribution in [2.75, 3.05) is 0 Å². The van der Waals surface area contributed by atoms with Gasteiger partial charge in [-0.25, -0.2) is 4.79 Å². The standard InChI is InChI=1S/C15H17Cl2NO3/c1-3-15(2,14(20)21)18-13(19)12-7-11(12)8-4-9(16)6-10(17)5-8/h4-6,11-12H,3,7H2,1-2H3,(H,18,19)(H,20,21). The number of benzene rings is 1. The molecule has 0 aliphatic heterocycles. The summed E-state index contributed by atoms with van der Waals surface area (Å²) in [6, 6.07) is 5.23. The van der Waals surface area contributed by atoms with Crippen LogP contribution in [0.1, 0.15) is 38.2 Å². The highest BCUT2D eigenvalue weighted by molar-refractivity contribution is 6.34. The third-order valence-electron chi connectivity index (χ3n) is 4.02. The first kappa shape index (κ1) is 16.1. The van der Waals surface area contributed by atoms with Gasteiger partial charge in [0, 0.05) is 16.0 Å². The average Bonchev–Trinajstić information content (AvgIpc) is 3.17. The molecule has 2 rings (SSSR count). The lowest BCUT2D eigenvalue weighted by Gasteiger charge is -2.24. The van der Waals surface area contributed by atoms with E-state index in [4.69, 9.17) is 23.2 Å². The fourth-order valence-corrected chi connectivity index (χ4v) is 2.84. The molecule has 1 saturated carbocycles. The molecule has 114 valence electrons. The van der Waals surface area contributed by atoms with Crippen molar-refractivity contribution in [3.05, 3.63) is 33.8 Å². The second-order valence-corrected chi connectivity index (χ2v) is 6.50. The van der Waals surface area contributed by atoms with Gasteiger partial charge in [0.1, 0.15) is 5.54 Å². The van der Waals surface area contributed by atoms with Crippen LogP contribution in [-0.2, 0) is 9.59 Å². The molecule has 1 aromatic carbocycles. The number of hydrogen-bond donors (Lipinski definition) is 2. The van der Waals surface area contributed by atoms with Crippen molar-refractivity contribution in [1.82, 2.24) is 5.32 Å². The third-order valence-corrected chi connectivity index (χ3v) is 4.45. The van der Waals surface area contributed by atoms with Gasteiger partial charge in [-0.2, -0.15) is 0 Å². The van der Waals surface area contributed by atoms with E-state index in [1.54, 1.807) is 25.1 Å². The summed E-state index contributed by atoms with van der Waals surface area (Å²) < 4.78 is 0. The van der Waals surface area contributed by atoms with Crippen LogP contribution in [-0.4, -0.2) is 22.5 Å². The van der Waals surface area contributed by atoms with Crippen LogP contribution in [0.25, 0.3) is 0 Å². The maximum Gasteiger partial charge on any atom is 0.329 e. The van der Waals surface area contributed by atoms with E-state index in [-0.39, 0.29) is 17.7 Å². The van der Waals surface area contributed by atoms with E-state index in [0.717, 1.165) is 5.56 Å². The van der Waals surface area contributed by atoms with Gasteiger partial charge < -0.3 is 10.4 Å². The summed E-state index contributed by atoms with van der Waals surface area (Å²) in [5, 5.41) is 12.9. The maximum absolute atomic E-state index is 12.2. The van der Waals surface area contributed by atoms with Gasteiger partial charge >= 0.3 is 5.97 Å². The van der Waals surface area contributed by atoms with Crippen LogP contribution in [0.4, 0.5) is 0 Å². The lowest BCUT2D eigenvalue weighted by Crippen LogP contribution is -2.52. The van der Waals surface area contributed by atoms with E-state index < -0.39 is 11.5 Å². The maximum atomic E-state index is 12.2. The Bertz CT molecular complexity index is 570. The first-order valence-electron chi connectivity index (χ1n) is 6.78. The van der Waals surface area contributed by atoms with Crippen LogP contribution in [0.5, 0.6) is 0 Å². The lowest BCUT2D eigenvalue weighted by atomic mass is 9.98. The van der Waals surface area contributed by atoms with Crippen molar-refractivity contribution in [3.8, 4) is 0 Å². The molecule has 21 heavy (non-hydrogen) atoms. The largest absolute Gasteiger partial charge is 0.480 e. The molecule has 0 radical (unpaired) electrons. The topological polar surface area (TPSA) is 66.4 Å². The lowest BCUT2D eigenvalue weighted by molar-refractivity contribution is -0.147. The van der Waals surface area contributed by atoms with Crippen molar-refractivity contribution in [1.29, 1.82) is 0 Å². The zero-order valence-electron chi connectivity index (χ0n) is 11.8. The summed E-state index contributed by atoms with van der Waals surface area (Å²) in [5.74, 6) is -1.43. The summed E-state index contributed by atoms with van der Waals surface area (Å²) in [4.78, 5) is 23.4. The molecule has 0 heterocycles. The minimum atomic E-state index is -1.23. The second kappa shape index (κ2) is 5.85. The molecule has 1 aliphatic rings. The zero-order valence-corrected chi connectivity index (χ0v) is 13.3. The highest BCUT2D eigenvalue weighted by Crippen LogP contribution is 2.48. The fourth-order valence-electron chi connectivity index (χ4n) is 2.30. The molecule has 4 nitrogen and oxygen atoms in total. The van der Waals surface area contributed by atoms with E-state index >= 15 is 0 Å². The first-order valence-corrected chi connectivity index (χ1v) is 7.54. The summed E-state index contributed by atoms with van der Waals surface area (Å²) in [7, 11) is 0. The molecule has 0 aromatic heterocycles. The predicted molar refractivity (Wildman–Crippen MR) is 81.8 cm³/mol. The SMILES string of the molecule is CCC(C)(NC(=O)C1CC1c1cc(Cl)cc(Cl)c1)C(=O)O. The van der Waals surface area contributed by atoms with Crippen LogP contribution in [0.15, 0.2) is 18.2 Å². The van der Waals surface area contributed by atoms with Crippen LogP contribution in [0, 0.1) is 5.92 Å². The number of aliphatic carboxylic acids is 1. The van der Waals surface area contributed by atoms with Gasteiger partial charge in [-0.3, -0.25) is 4.79 Å². The van der Waals surface area contributed by atoms with Crippen LogP contribution in [0.2, 0.25) is 10.0 Å². The molecular weight excluding hydrogens is 313 g/mol. The Morgan fingerprint density at radius 1 is 1.33 bits per heavy atom. The number of amides is 1. The normalized spacial score (nSPS) is 23.2. The Labute approximate surface area is 133 Å². The van der Waals surface area contributed by atoms with Crippen molar-refractivity contribution >= 4 is 35.1 Å². The van der Waals surface area contributed by atoms with E-state index in [9.17, 15) is 14.7 Å². The van der Waals surface area contributed by atoms with Crippen molar-refractivity contribution in [3.63, 3.8) is 0 Å². The van der Waals surface area contributed by atoms with E-state index in [1.807, 2.05) is 0 Å². The quantitative estimate of drug-likeness (QED) is 0.869. The predicted octanol–water partition coefficient (Wildman–Crippen LogP) is 3.47. The monoisotopic (exact) mass is 329 g/mol. The molecule has 1 fully saturated rings. The highest BCUT2D eigenvalue weighted by Gasteiger charge is 2.46. The molecule has 0 spiro atoms. The number of hydrogen-bond acceptors (Lipinski definition) is 2. The third kappa shape index (κ3) is 3.50.